The molecule has 6 heteroatoms. The molecular formula is C17H22N4O2. The standard InChI is InChI=1S/C17H22N4O2/c1-12(2)11-21(13-6-7-13)16(22)9-8-15-19-17(20-23-15)14-5-3-4-10-18-14/h3-5,10,12-13H,6-9,11H2,1-2H3. The zero-order chi connectivity index (χ0) is 16.2. The summed E-state index contributed by atoms with van der Waals surface area (Å²) in [7, 11) is 0. The molecule has 0 spiro atoms. The maximum Gasteiger partial charge on any atom is 0.227 e. The lowest BCUT2D eigenvalue weighted by Crippen LogP contribution is -2.36. The Morgan fingerprint density at radius 3 is 2.87 bits per heavy atom. The number of hydrogen-bond acceptors (Lipinski definition) is 5. The van der Waals surface area contributed by atoms with Crippen molar-refractivity contribution in [3.05, 3.63) is 30.3 Å². The van der Waals surface area contributed by atoms with Crippen LogP contribution >= 0.6 is 0 Å². The Hall–Kier alpha value is -2.24. The predicted octanol–water partition coefficient (Wildman–Crippen LogP) is 2.71. The largest absolute Gasteiger partial charge is 0.339 e. The van der Waals surface area contributed by atoms with Crippen LogP contribution < -0.4 is 0 Å². The fourth-order valence-electron chi connectivity index (χ4n) is 2.55. The fourth-order valence-corrected chi connectivity index (χ4v) is 2.55. The number of carbonyl (C=O) groups excluding carboxylic acids is 1. The van der Waals surface area contributed by atoms with Crippen LogP contribution in [-0.2, 0) is 11.2 Å². The lowest BCUT2D eigenvalue weighted by molar-refractivity contribution is -0.132. The van der Waals surface area contributed by atoms with Crippen LogP contribution in [0.3, 0.4) is 0 Å². The Bertz CT molecular complexity index is 650. The highest BCUT2D eigenvalue weighted by molar-refractivity contribution is 5.77. The van der Waals surface area contributed by atoms with Crippen molar-refractivity contribution in [2.24, 2.45) is 5.92 Å². The maximum atomic E-state index is 12.4. The van der Waals surface area contributed by atoms with E-state index in [0.717, 1.165) is 19.4 Å². The average Bonchev–Trinajstić information content (AvgIpc) is 3.28. The van der Waals surface area contributed by atoms with E-state index in [2.05, 4.69) is 29.0 Å². The van der Waals surface area contributed by atoms with E-state index < -0.39 is 0 Å². The van der Waals surface area contributed by atoms with Crippen LogP contribution in [0.25, 0.3) is 11.5 Å². The smallest absolute Gasteiger partial charge is 0.227 e. The second kappa shape index (κ2) is 6.89. The summed E-state index contributed by atoms with van der Waals surface area (Å²) in [6, 6.07) is 5.99. The molecule has 0 radical (unpaired) electrons. The number of amides is 1. The van der Waals surface area contributed by atoms with Crippen LogP contribution in [0.1, 0.15) is 39.0 Å². The Kier molecular flexibility index (Phi) is 4.69. The zero-order valence-corrected chi connectivity index (χ0v) is 13.6. The maximum absolute atomic E-state index is 12.4. The van der Waals surface area contributed by atoms with E-state index >= 15 is 0 Å². The molecule has 1 fully saturated rings. The first-order valence-corrected chi connectivity index (χ1v) is 8.17. The summed E-state index contributed by atoms with van der Waals surface area (Å²) in [4.78, 5) is 23.0. The lowest BCUT2D eigenvalue weighted by Gasteiger charge is -2.24. The number of carbonyl (C=O) groups is 1. The van der Waals surface area contributed by atoms with Crippen molar-refractivity contribution in [3.8, 4) is 11.5 Å². The van der Waals surface area contributed by atoms with Crippen LogP contribution in [0, 0.1) is 5.92 Å². The van der Waals surface area contributed by atoms with Crippen molar-refractivity contribution < 1.29 is 9.32 Å². The first kappa shape index (κ1) is 15.6. The SMILES string of the molecule is CC(C)CN(C(=O)CCc1nc(-c2ccccn2)no1)C1CC1. The summed E-state index contributed by atoms with van der Waals surface area (Å²) >= 11 is 0. The van der Waals surface area contributed by atoms with Crippen LogP contribution in [0.15, 0.2) is 28.9 Å². The molecule has 1 aliphatic carbocycles. The fraction of sp³-hybridized carbons (Fsp3) is 0.529. The molecule has 1 amide bonds. The molecule has 1 saturated carbocycles. The van der Waals surface area contributed by atoms with Crippen molar-refractivity contribution in [2.75, 3.05) is 6.54 Å². The van der Waals surface area contributed by atoms with Gasteiger partial charge in [-0.25, -0.2) is 0 Å². The van der Waals surface area contributed by atoms with Crippen LogP contribution in [0.2, 0.25) is 0 Å². The van der Waals surface area contributed by atoms with Gasteiger partial charge in [-0.2, -0.15) is 4.98 Å². The second-order valence-electron chi connectivity index (χ2n) is 6.40. The van der Waals surface area contributed by atoms with Crippen molar-refractivity contribution in [2.45, 2.75) is 45.6 Å². The van der Waals surface area contributed by atoms with E-state index in [4.69, 9.17) is 4.52 Å². The Labute approximate surface area is 135 Å². The lowest BCUT2D eigenvalue weighted by atomic mass is 10.2. The van der Waals surface area contributed by atoms with E-state index in [-0.39, 0.29) is 5.91 Å². The molecule has 0 bridgehead atoms. The monoisotopic (exact) mass is 314 g/mol. The molecule has 23 heavy (non-hydrogen) atoms. The molecule has 0 aliphatic heterocycles. The van der Waals surface area contributed by atoms with E-state index in [1.807, 2.05) is 23.1 Å². The second-order valence-corrected chi connectivity index (χ2v) is 6.40. The van der Waals surface area contributed by atoms with Gasteiger partial charge in [0.15, 0.2) is 0 Å². The van der Waals surface area contributed by atoms with Crippen LogP contribution in [-0.4, -0.2) is 38.5 Å². The van der Waals surface area contributed by atoms with Crippen LogP contribution in [0.5, 0.6) is 0 Å². The first-order valence-electron chi connectivity index (χ1n) is 8.17. The quantitative estimate of drug-likeness (QED) is 0.785. The third-order valence-corrected chi connectivity index (χ3v) is 3.78. The molecule has 0 unspecified atom stereocenters. The minimum Gasteiger partial charge on any atom is -0.339 e. The van der Waals surface area contributed by atoms with Gasteiger partial charge in [0.1, 0.15) is 5.69 Å². The predicted molar refractivity (Wildman–Crippen MR) is 85.4 cm³/mol. The van der Waals surface area contributed by atoms with E-state index in [1.54, 1.807) is 6.20 Å². The molecule has 6 nitrogen and oxygen atoms in total. The third kappa shape index (κ3) is 4.15. The molecule has 2 heterocycles. The molecule has 1 aliphatic rings. The molecule has 0 saturated heterocycles. The van der Waals surface area contributed by atoms with Crippen molar-refractivity contribution in [1.82, 2.24) is 20.0 Å². The minimum absolute atomic E-state index is 0.179. The number of aryl methyl sites for hydroxylation is 1. The number of rotatable bonds is 7. The Morgan fingerprint density at radius 2 is 2.22 bits per heavy atom. The normalized spacial score (nSPS) is 14.2. The summed E-state index contributed by atoms with van der Waals surface area (Å²) in [5, 5.41) is 3.93. The minimum atomic E-state index is 0.179. The number of pyridine rings is 1. The van der Waals surface area contributed by atoms with Gasteiger partial charge in [0.25, 0.3) is 0 Å². The van der Waals surface area contributed by atoms with E-state index in [9.17, 15) is 4.79 Å². The Balaban J connectivity index is 1.57. The van der Waals surface area contributed by atoms with Gasteiger partial charge in [0.2, 0.25) is 17.6 Å². The highest BCUT2D eigenvalue weighted by Crippen LogP contribution is 2.28. The molecule has 0 N–H and O–H groups in total. The van der Waals surface area contributed by atoms with Gasteiger partial charge < -0.3 is 9.42 Å². The van der Waals surface area contributed by atoms with Crippen LogP contribution in [0.4, 0.5) is 0 Å². The highest BCUT2D eigenvalue weighted by atomic mass is 16.5. The van der Waals surface area contributed by atoms with Crippen molar-refractivity contribution in [3.63, 3.8) is 0 Å². The van der Waals surface area contributed by atoms with Gasteiger partial charge in [0, 0.05) is 31.6 Å². The average molecular weight is 314 g/mol. The zero-order valence-electron chi connectivity index (χ0n) is 13.6. The van der Waals surface area contributed by atoms with E-state index in [1.165, 1.54) is 0 Å². The molecule has 0 atom stereocenters. The van der Waals surface area contributed by atoms with Crippen molar-refractivity contribution in [1.29, 1.82) is 0 Å². The molecule has 122 valence electrons. The molecule has 2 aromatic rings. The first-order chi connectivity index (χ1) is 11.1. The molecule has 2 aromatic heterocycles. The summed E-state index contributed by atoms with van der Waals surface area (Å²) in [6.45, 7) is 5.10. The van der Waals surface area contributed by atoms with Gasteiger partial charge in [-0.05, 0) is 30.9 Å². The van der Waals surface area contributed by atoms with Gasteiger partial charge in [-0.3, -0.25) is 9.78 Å². The van der Waals surface area contributed by atoms with Gasteiger partial charge in [-0.1, -0.05) is 25.1 Å². The van der Waals surface area contributed by atoms with E-state index in [0.29, 0.717) is 42.2 Å². The Morgan fingerprint density at radius 1 is 1.39 bits per heavy atom. The highest BCUT2D eigenvalue weighted by Gasteiger charge is 2.32. The van der Waals surface area contributed by atoms with Gasteiger partial charge in [-0.15, -0.1) is 0 Å². The van der Waals surface area contributed by atoms with Crippen molar-refractivity contribution >= 4 is 5.91 Å². The molecular weight excluding hydrogens is 292 g/mol. The van der Waals surface area contributed by atoms with Gasteiger partial charge in [0.05, 0.1) is 0 Å². The molecule has 3 rings (SSSR count). The number of aromatic nitrogens is 3. The summed E-state index contributed by atoms with van der Waals surface area (Å²) in [5.41, 5.74) is 0.674. The summed E-state index contributed by atoms with van der Waals surface area (Å²) in [6.07, 6.45) is 4.83. The third-order valence-electron chi connectivity index (χ3n) is 3.78. The van der Waals surface area contributed by atoms with Gasteiger partial charge >= 0.3 is 0 Å². The number of hydrogen-bond donors (Lipinski definition) is 0. The topological polar surface area (TPSA) is 72.1 Å². The molecule has 0 aromatic carbocycles. The summed E-state index contributed by atoms with van der Waals surface area (Å²) in [5.74, 6) is 1.62. The summed E-state index contributed by atoms with van der Waals surface area (Å²) < 4.78 is 5.23. The number of nitrogens with zero attached hydrogens (tertiary/aromatic N) is 4.